The molecule has 1 aliphatic rings. The number of hydrogen-bond donors (Lipinski definition) is 0. The van der Waals surface area contributed by atoms with Gasteiger partial charge in [0.15, 0.2) is 0 Å². The number of ether oxygens (including phenoxy) is 1. The molecule has 2 nitrogen and oxygen atoms in total. The number of carbonyl (C=O) groups excluding carboxylic acids is 1. The molecule has 86 valence electrons. The Hall–Kier alpha value is -0.790. The SMILES string of the molecule is CC=C(C)C(=O)OC1(C)CCCCCC1. The fourth-order valence-electron chi connectivity index (χ4n) is 2.00. The van der Waals surface area contributed by atoms with Crippen LogP contribution in [0.25, 0.3) is 0 Å². The molecular weight excluding hydrogens is 188 g/mol. The molecule has 1 aliphatic carbocycles. The molecule has 0 atom stereocenters. The van der Waals surface area contributed by atoms with Crippen molar-refractivity contribution in [1.82, 2.24) is 0 Å². The third-order valence-electron chi connectivity index (χ3n) is 3.26. The molecular formula is C13H22O2. The second-order valence-corrected chi connectivity index (χ2v) is 4.73. The zero-order valence-electron chi connectivity index (χ0n) is 10.1. The Kier molecular flexibility index (Phi) is 4.37. The summed E-state index contributed by atoms with van der Waals surface area (Å²) in [5.74, 6) is -0.151. The van der Waals surface area contributed by atoms with E-state index in [4.69, 9.17) is 4.74 Å². The zero-order chi connectivity index (χ0) is 11.3. The number of rotatable bonds is 2. The smallest absolute Gasteiger partial charge is 0.333 e. The van der Waals surface area contributed by atoms with E-state index in [0.29, 0.717) is 5.57 Å². The third kappa shape index (κ3) is 3.69. The Morgan fingerprint density at radius 2 is 1.73 bits per heavy atom. The van der Waals surface area contributed by atoms with Crippen molar-refractivity contribution in [1.29, 1.82) is 0 Å². The highest BCUT2D eigenvalue weighted by molar-refractivity contribution is 5.87. The lowest BCUT2D eigenvalue weighted by atomic mass is 9.97. The van der Waals surface area contributed by atoms with E-state index < -0.39 is 0 Å². The highest BCUT2D eigenvalue weighted by Crippen LogP contribution is 2.30. The molecule has 0 unspecified atom stereocenters. The summed E-state index contributed by atoms with van der Waals surface area (Å²) in [5.41, 5.74) is 0.484. The van der Waals surface area contributed by atoms with E-state index in [1.165, 1.54) is 25.7 Å². The zero-order valence-corrected chi connectivity index (χ0v) is 10.1. The predicted molar refractivity (Wildman–Crippen MR) is 61.6 cm³/mol. The van der Waals surface area contributed by atoms with E-state index in [0.717, 1.165) is 12.8 Å². The van der Waals surface area contributed by atoms with Gasteiger partial charge in [0.25, 0.3) is 0 Å². The fourth-order valence-corrected chi connectivity index (χ4v) is 2.00. The summed E-state index contributed by atoms with van der Waals surface area (Å²) in [5, 5.41) is 0. The monoisotopic (exact) mass is 210 g/mol. The van der Waals surface area contributed by atoms with Crippen molar-refractivity contribution in [2.24, 2.45) is 0 Å². The van der Waals surface area contributed by atoms with Crippen molar-refractivity contribution in [2.45, 2.75) is 64.9 Å². The summed E-state index contributed by atoms with van der Waals surface area (Å²) in [7, 11) is 0. The van der Waals surface area contributed by atoms with E-state index >= 15 is 0 Å². The van der Waals surface area contributed by atoms with Gasteiger partial charge in [-0.05, 0) is 46.5 Å². The number of hydrogen-bond acceptors (Lipinski definition) is 2. The van der Waals surface area contributed by atoms with Crippen LogP contribution >= 0.6 is 0 Å². The van der Waals surface area contributed by atoms with Crippen LogP contribution in [0.15, 0.2) is 11.6 Å². The Balaban J connectivity index is 2.57. The molecule has 0 saturated heterocycles. The van der Waals surface area contributed by atoms with Gasteiger partial charge in [0.2, 0.25) is 0 Å². The van der Waals surface area contributed by atoms with Gasteiger partial charge in [-0.2, -0.15) is 0 Å². The van der Waals surface area contributed by atoms with Gasteiger partial charge in [0.05, 0.1) is 0 Å². The fraction of sp³-hybridized carbons (Fsp3) is 0.769. The molecule has 1 saturated carbocycles. The van der Waals surface area contributed by atoms with Crippen LogP contribution in [0.3, 0.4) is 0 Å². The largest absolute Gasteiger partial charge is 0.456 e. The third-order valence-corrected chi connectivity index (χ3v) is 3.26. The standard InChI is InChI=1S/C13H22O2/c1-4-11(2)12(14)15-13(3)9-7-5-6-8-10-13/h4H,5-10H2,1-3H3. The summed E-state index contributed by atoms with van der Waals surface area (Å²) >= 11 is 0. The normalized spacial score (nSPS) is 21.9. The van der Waals surface area contributed by atoms with Crippen molar-refractivity contribution in [3.05, 3.63) is 11.6 Å². The highest BCUT2D eigenvalue weighted by atomic mass is 16.6. The van der Waals surface area contributed by atoms with Gasteiger partial charge in [-0.1, -0.05) is 18.9 Å². The van der Waals surface area contributed by atoms with E-state index in [9.17, 15) is 4.79 Å². The number of carbonyl (C=O) groups is 1. The number of allylic oxidation sites excluding steroid dienone is 1. The van der Waals surface area contributed by atoms with Crippen molar-refractivity contribution in [3.8, 4) is 0 Å². The molecule has 1 rings (SSSR count). The van der Waals surface area contributed by atoms with Crippen LogP contribution in [0, 0.1) is 0 Å². The minimum absolute atomic E-state index is 0.151. The predicted octanol–water partition coefficient (Wildman–Crippen LogP) is 3.61. The first-order chi connectivity index (χ1) is 7.07. The summed E-state index contributed by atoms with van der Waals surface area (Å²) in [6, 6.07) is 0. The summed E-state index contributed by atoms with van der Waals surface area (Å²) in [6.45, 7) is 5.74. The van der Waals surface area contributed by atoms with E-state index in [1.54, 1.807) is 0 Å². The lowest BCUT2D eigenvalue weighted by molar-refractivity contribution is -0.154. The maximum absolute atomic E-state index is 11.7. The second kappa shape index (κ2) is 5.34. The molecule has 0 heterocycles. The van der Waals surface area contributed by atoms with Crippen LogP contribution < -0.4 is 0 Å². The van der Waals surface area contributed by atoms with Gasteiger partial charge in [-0.15, -0.1) is 0 Å². The van der Waals surface area contributed by atoms with Crippen molar-refractivity contribution < 1.29 is 9.53 Å². The average Bonchev–Trinajstić information content (AvgIpc) is 2.41. The van der Waals surface area contributed by atoms with Crippen LogP contribution in [-0.2, 0) is 9.53 Å². The van der Waals surface area contributed by atoms with Crippen LogP contribution in [0.4, 0.5) is 0 Å². The lowest BCUT2D eigenvalue weighted by Crippen LogP contribution is -2.31. The average molecular weight is 210 g/mol. The molecule has 0 aromatic carbocycles. The molecule has 0 aromatic rings. The Bertz CT molecular complexity index is 245. The van der Waals surface area contributed by atoms with E-state index in [2.05, 4.69) is 6.92 Å². The van der Waals surface area contributed by atoms with E-state index in [1.807, 2.05) is 19.9 Å². The van der Waals surface area contributed by atoms with Crippen molar-refractivity contribution in [3.63, 3.8) is 0 Å². The van der Waals surface area contributed by atoms with Gasteiger partial charge >= 0.3 is 5.97 Å². The Labute approximate surface area is 92.7 Å². The van der Waals surface area contributed by atoms with Gasteiger partial charge < -0.3 is 4.74 Å². The van der Waals surface area contributed by atoms with Gasteiger partial charge in [-0.25, -0.2) is 4.79 Å². The first kappa shape index (κ1) is 12.3. The molecule has 0 amide bonds. The molecule has 0 spiro atoms. The molecule has 0 aromatic heterocycles. The van der Waals surface area contributed by atoms with Crippen LogP contribution in [0.2, 0.25) is 0 Å². The first-order valence-corrected chi connectivity index (χ1v) is 5.94. The highest BCUT2D eigenvalue weighted by Gasteiger charge is 2.29. The van der Waals surface area contributed by atoms with Gasteiger partial charge in [0, 0.05) is 5.57 Å². The molecule has 0 bridgehead atoms. The summed E-state index contributed by atoms with van der Waals surface area (Å²) in [6.07, 6.45) is 8.73. The topological polar surface area (TPSA) is 26.3 Å². The van der Waals surface area contributed by atoms with Crippen molar-refractivity contribution in [2.75, 3.05) is 0 Å². The van der Waals surface area contributed by atoms with Gasteiger partial charge in [0.1, 0.15) is 5.60 Å². The molecule has 0 radical (unpaired) electrons. The van der Waals surface area contributed by atoms with Crippen molar-refractivity contribution >= 4 is 5.97 Å². The quantitative estimate of drug-likeness (QED) is 0.395. The second-order valence-electron chi connectivity index (χ2n) is 4.73. The lowest BCUT2D eigenvalue weighted by Gasteiger charge is -2.28. The van der Waals surface area contributed by atoms with E-state index in [-0.39, 0.29) is 11.6 Å². The minimum Gasteiger partial charge on any atom is -0.456 e. The van der Waals surface area contributed by atoms with Crippen LogP contribution in [0.1, 0.15) is 59.3 Å². The molecule has 0 N–H and O–H groups in total. The maximum atomic E-state index is 11.7. The number of esters is 1. The van der Waals surface area contributed by atoms with Gasteiger partial charge in [-0.3, -0.25) is 0 Å². The Morgan fingerprint density at radius 3 is 2.20 bits per heavy atom. The van der Waals surface area contributed by atoms with Crippen LogP contribution in [0.5, 0.6) is 0 Å². The summed E-state index contributed by atoms with van der Waals surface area (Å²) < 4.78 is 5.60. The molecule has 15 heavy (non-hydrogen) atoms. The molecule has 0 aliphatic heterocycles. The molecule has 1 fully saturated rings. The van der Waals surface area contributed by atoms with Crippen LogP contribution in [-0.4, -0.2) is 11.6 Å². The molecule has 2 heteroatoms. The summed E-state index contributed by atoms with van der Waals surface area (Å²) in [4.78, 5) is 11.7. The first-order valence-electron chi connectivity index (χ1n) is 5.94. The minimum atomic E-state index is -0.224. The maximum Gasteiger partial charge on any atom is 0.333 e. The Morgan fingerprint density at radius 1 is 1.20 bits per heavy atom.